The SMILES string of the molecule is BrC1=C2C(CC=C1)NCC1CCCN21. The number of allylic oxidation sites excluding steroid dienone is 2. The molecule has 2 saturated heterocycles. The minimum atomic E-state index is 0.559. The maximum Gasteiger partial charge on any atom is 0.0518 e. The smallest absolute Gasteiger partial charge is 0.0518 e. The number of fused-ring (bicyclic) bond motifs is 3. The van der Waals surface area contributed by atoms with Gasteiger partial charge in [0.2, 0.25) is 0 Å². The fraction of sp³-hybridized carbons (Fsp3) is 0.636. The van der Waals surface area contributed by atoms with Gasteiger partial charge in [-0.1, -0.05) is 12.2 Å². The zero-order chi connectivity index (χ0) is 9.54. The Kier molecular flexibility index (Phi) is 2.17. The van der Waals surface area contributed by atoms with E-state index in [9.17, 15) is 0 Å². The zero-order valence-electron chi connectivity index (χ0n) is 8.17. The monoisotopic (exact) mass is 254 g/mol. The van der Waals surface area contributed by atoms with E-state index in [0.29, 0.717) is 6.04 Å². The Morgan fingerprint density at radius 2 is 2.43 bits per heavy atom. The maximum atomic E-state index is 3.68. The molecule has 2 unspecified atom stereocenters. The summed E-state index contributed by atoms with van der Waals surface area (Å²) in [5.41, 5.74) is 1.50. The van der Waals surface area contributed by atoms with Gasteiger partial charge in [-0.2, -0.15) is 0 Å². The molecule has 0 spiro atoms. The fourth-order valence-electron chi connectivity index (χ4n) is 2.83. The molecule has 2 heterocycles. The van der Waals surface area contributed by atoms with E-state index in [4.69, 9.17) is 0 Å². The number of rotatable bonds is 0. The first kappa shape index (κ1) is 8.98. The van der Waals surface area contributed by atoms with Crippen LogP contribution in [-0.2, 0) is 0 Å². The quantitative estimate of drug-likeness (QED) is 0.712. The van der Waals surface area contributed by atoms with Crippen LogP contribution in [0, 0.1) is 0 Å². The molecule has 1 aliphatic carbocycles. The lowest BCUT2D eigenvalue weighted by molar-refractivity contribution is 0.232. The van der Waals surface area contributed by atoms with Crippen molar-refractivity contribution in [3.63, 3.8) is 0 Å². The number of hydrogen-bond acceptors (Lipinski definition) is 2. The van der Waals surface area contributed by atoms with Crippen molar-refractivity contribution in [2.45, 2.75) is 31.3 Å². The van der Waals surface area contributed by atoms with Crippen molar-refractivity contribution in [1.82, 2.24) is 10.2 Å². The van der Waals surface area contributed by atoms with Gasteiger partial charge in [-0.05, 0) is 35.2 Å². The van der Waals surface area contributed by atoms with Gasteiger partial charge in [0.15, 0.2) is 0 Å². The topological polar surface area (TPSA) is 15.3 Å². The summed E-state index contributed by atoms with van der Waals surface area (Å²) in [4.78, 5) is 2.61. The molecule has 2 fully saturated rings. The molecule has 0 radical (unpaired) electrons. The van der Waals surface area contributed by atoms with Crippen molar-refractivity contribution >= 4 is 15.9 Å². The van der Waals surface area contributed by atoms with Crippen LogP contribution in [0.2, 0.25) is 0 Å². The van der Waals surface area contributed by atoms with Crippen molar-refractivity contribution in [1.29, 1.82) is 0 Å². The van der Waals surface area contributed by atoms with Gasteiger partial charge in [0.1, 0.15) is 0 Å². The number of halogens is 1. The first-order chi connectivity index (χ1) is 6.86. The first-order valence-corrected chi connectivity index (χ1v) is 6.22. The fourth-order valence-corrected chi connectivity index (χ4v) is 3.52. The molecule has 14 heavy (non-hydrogen) atoms. The summed E-state index contributed by atoms with van der Waals surface area (Å²) < 4.78 is 1.29. The van der Waals surface area contributed by atoms with Gasteiger partial charge in [-0.3, -0.25) is 0 Å². The summed E-state index contributed by atoms with van der Waals surface area (Å²) in [6, 6.07) is 1.31. The molecule has 1 N–H and O–H groups in total. The molecule has 76 valence electrons. The Bertz CT molecular complexity index is 308. The molecule has 0 aromatic carbocycles. The van der Waals surface area contributed by atoms with E-state index in [-0.39, 0.29) is 0 Å². The number of nitrogens with one attached hydrogen (secondary N) is 1. The Hall–Kier alpha value is -0.280. The van der Waals surface area contributed by atoms with E-state index < -0.39 is 0 Å². The highest BCUT2D eigenvalue weighted by Gasteiger charge is 2.36. The standard InChI is InChI=1S/C11H15BrN2/c12-9-4-1-5-10-11(9)14-6-2-3-8(14)7-13-10/h1,4,8,10,13H,2-3,5-7H2. The molecule has 3 aliphatic rings. The number of piperazine rings is 1. The van der Waals surface area contributed by atoms with Crippen LogP contribution in [0.4, 0.5) is 0 Å². The van der Waals surface area contributed by atoms with E-state index in [1.54, 1.807) is 0 Å². The largest absolute Gasteiger partial charge is 0.368 e. The molecule has 2 atom stereocenters. The molecule has 0 aromatic heterocycles. The van der Waals surface area contributed by atoms with E-state index >= 15 is 0 Å². The second-order valence-electron chi connectivity index (χ2n) is 4.32. The van der Waals surface area contributed by atoms with E-state index in [2.05, 4.69) is 38.3 Å². The third kappa shape index (κ3) is 1.26. The summed E-state index contributed by atoms with van der Waals surface area (Å²) in [5.74, 6) is 0. The number of hydrogen-bond donors (Lipinski definition) is 1. The molecular weight excluding hydrogens is 240 g/mol. The average molecular weight is 255 g/mol. The van der Waals surface area contributed by atoms with Gasteiger partial charge < -0.3 is 10.2 Å². The molecule has 2 aliphatic heterocycles. The highest BCUT2D eigenvalue weighted by Crippen LogP contribution is 2.34. The Morgan fingerprint density at radius 1 is 1.50 bits per heavy atom. The van der Waals surface area contributed by atoms with E-state index in [1.165, 1.54) is 36.1 Å². The lowest BCUT2D eigenvalue weighted by Crippen LogP contribution is -2.52. The predicted octanol–water partition coefficient (Wildman–Crippen LogP) is 1.99. The maximum absolute atomic E-state index is 3.68. The Labute approximate surface area is 93.2 Å². The highest BCUT2D eigenvalue weighted by molar-refractivity contribution is 9.11. The van der Waals surface area contributed by atoms with Gasteiger partial charge in [0, 0.05) is 29.3 Å². The van der Waals surface area contributed by atoms with Crippen LogP contribution >= 0.6 is 15.9 Å². The summed E-state index contributed by atoms with van der Waals surface area (Å²) in [6.07, 6.45) is 8.31. The molecule has 0 amide bonds. The highest BCUT2D eigenvalue weighted by atomic mass is 79.9. The zero-order valence-corrected chi connectivity index (χ0v) is 9.76. The van der Waals surface area contributed by atoms with Crippen LogP contribution in [0.25, 0.3) is 0 Å². The summed E-state index contributed by atoms with van der Waals surface area (Å²) in [5, 5.41) is 3.64. The van der Waals surface area contributed by atoms with E-state index in [0.717, 1.165) is 12.5 Å². The second kappa shape index (κ2) is 3.38. The summed E-state index contributed by atoms with van der Waals surface area (Å²) in [7, 11) is 0. The van der Waals surface area contributed by atoms with Crippen LogP contribution in [0.5, 0.6) is 0 Å². The first-order valence-electron chi connectivity index (χ1n) is 5.42. The summed E-state index contributed by atoms with van der Waals surface area (Å²) >= 11 is 3.68. The molecule has 2 nitrogen and oxygen atoms in total. The predicted molar refractivity (Wildman–Crippen MR) is 61.2 cm³/mol. The molecule has 3 heteroatoms. The molecular formula is C11H15BrN2. The van der Waals surface area contributed by atoms with Crippen molar-refractivity contribution in [3.05, 3.63) is 22.3 Å². The van der Waals surface area contributed by atoms with Crippen LogP contribution in [-0.4, -0.2) is 30.1 Å². The molecule has 0 saturated carbocycles. The number of nitrogens with zero attached hydrogens (tertiary/aromatic N) is 1. The minimum absolute atomic E-state index is 0.559. The molecule has 0 aromatic rings. The lowest BCUT2D eigenvalue weighted by atomic mass is 9.99. The normalized spacial score (nSPS) is 35.9. The van der Waals surface area contributed by atoms with Crippen molar-refractivity contribution in [2.24, 2.45) is 0 Å². The average Bonchev–Trinajstić information content (AvgIpc) is 2.65. The van der Waals surface area contributed by atoms with Gasteiger partial charge in [-0.15, -0.1) is 0 Å². The molecule has 0 bridgehead atoms. The van der Waals surface area contributed by atoms with Gasteiger partial charge in [0.05, 0.1) is 6.04 Å². The van der Waals surface area contributed by atoms with Gasteiger partial charge in [0.25, 0.3) is 0 Å². The van der Waals surface area contributed by atoms with Crippen LogP contribution in [0.1, 0.15) is 19.3 Å². The van der Waals surface area contributed by atoms with Crippen molar-refractivity contribution < 1.29 is 0 Å². The lowest BCUT2D eigenvalue weighted by Gasteiger charge is -2.41. The third-order valence-electron chi connectivity index (χ3n) is 3.50. The van der Waals surface area contributed by atoms with Crippen LogP contribution in [0.3, 0.4) is 0 Å². The molecule has 3 rings (SSSR count). The van der Waals surface area contributed by atoms with Crippen molar-refractivity contribution in [3.8, 4) is 0 Å². The third-order valence-corrected chi connectivity index (χ3v) is 4.17. The van der Waals surface area contributed by atoms with E-state index in [1.807, 2.05) is 0 Å². The van der Waals surface area contributed by atoms with Crippen molar-refractivity contribution in [2.75, 3.05) is 13.1 Å². The van der Waals surface area contributed by atoms with Crippen LogP contribution < -0.4 is 5.32 Å². The second-order valence-corrected chi connectivity index (χ2v) is 5.18. The minimum Gasteiger partial charge on any atom is -0.368 e. The van der Waals surface area contributed by atoms with Crippen LogP contribution in [0.15, 0.2) is 22.3 Å². The van der Waals surface area contributed by atoms with Gasteiger partial charge >= 0.3 is 0 Å². The van der Waals surface area contributed by atoms with Gasteiger partial charge in [-0.25, -0.2) is 0 Å². The Balaban J connectivity index is 1.98. The summed E-state index contributed by atoms with van der Waals surface area (Å²) in [6.45, 7) is 2.42. The Morgan fingerprint density at radius 3 is 3.36 bits per heavy atom.